The highest BCUT2D eigenvalue weighted by Crippen LogP contribution is 2.31. The normalized spacial score (nSPS) is 18.3. The maximum atomic E-state index is 3.65. The van der Waals surface area contributed by atoms with Gasteiger partial charge in [-0.3, -0.25) is 0 Å². The lowest BCUT2D eigenvalue weighted by Crippen LogP contribution is -2.33. The Balaban J connectivity index is 1.72. The number of thiophene rings is 1. The van der Waals surface area contributed by atoms with Crippen LogP contribution in [0.25, 0.3) is 0 Å². The smallest absolute Gasteiger partial charge is 0.00727 e. The zero-order chi connectivity index (χ0) is 11.2. The molecule has 1 saturated carbocycles. The van der Waals surface area contributed by atoms with E-state index in [0.29, 0.717) is 0 Å². The van der Waals surface area contributed by atoms with Gasteiger partial charge in [-0.05, 0) is 54.1 Å². The van der Waals surface area contributed by atoms with Gasteiger partial charge < -0.3 is 5.32 Å². The second kappa shape index (κ2) is 6.41. The van der Waals surface area contributed by atoms with Gasteiger partial charge in [0.05, 0.1) is 0 Å². The predicted octanol–water partition coefficient (Wildman–Crippen LogP) is 3.85. The summed E-state index contributed by atoms with van der Waals surface area (Å²) in [5.41, 5.74) is 1.52. The molecule has 0 bridgehead atoms. The number of nitrogens with one attached hydrogen (secondary N) is 1. The van der Waals surface area contributed by atoms with E-state index in [0.717, 1.165) is 18.5 Å². The fraction of sp³-hybridized carbons (Fsp3) is 0.714. The molecule has 0 amide bonds. The van der Waals surface area contributed by atoms with E-state index in [4.69, 9.17) is 0 Å². The van der Waals surface area contributed by atoms with Gasteiger partial charge >= 0.3 is 0 Å². The van der Waals surface area contributed by atoms with Crippen LogP contribution in [0.15, 0.2) is 16.8 Å². The van der Waals surface area contributed by atoms with Crippen molar-refractivity contribution in [2.45, 2.75) is 51.5 Å². The van der Waals surface area contributed by atoms with Gasteiger partial charge in [-0.1, -0.05) is 26.2 Å². The summed E-state index contributed by atoms with van der Waals surface area (Å²) in [5, 5.41) is 8.12. The van der Waals surface area contributed by atoms with Crippen LogP contribution < -0.4 is 5.32 Å². The van der Waals surface area contributed by atoms with Crippen molar-refractivity contribution >= 4 is 11.3 Å². The quantitative estimate of drug-likeness (QED) is 0.759. The van der Waals surface area contributed by atoms with Gasteiger partial charge in [0.15, 0.2) is 0 Å². The van der Waals surface area contributed by atoms with E-state index in [9.17, 15) is 0 Å². The minimum absolute atomic E-state index is 0.746. The van der Waals surface area contributed by atoms with Crippen LogP contribution in [0.1, 0.15) is 44.6 Å². The van der Waals surface area contributed by atoms with Crippen LogP contribution in [0, 0.1) is 5.92 Å². The molecule has 0 aliphatic heterocycles. The number of hydrogen-bond donors (Lipinski definition) is 1. The molecule has 16 heavy (non-hydrogen) atoms. The summed E-state index contributed by atoms with van der Waals surface area (Å²) in [6.45, 7) is 3.33. The molecule has 1 aliphatic carbocycles. The molecular formula is C14H23NS. The highest BCUT2D eigenvalue weighted by Gasteiger charge is 2.21. The Morgan fingerprint density at radius 2 is 2.38 bits per heavy atom. The molecule has 1 unspecified atom stereocenters. The summed E-state index contributed by atoms with van der Waals surface area (Å²) in [5.74, 6) is 1.02. The maximum Gasteiger partial charge on any atom is 0.00727 e. The molecule has 1 heterocycles. The van der Waals surface area contributed by atoms with Crippen molar-refractivity contribution in [1.29, 1.82) is 0 Å². The predicted molar refractivity (Wildman–Crippen MR) is 72.1 cm³/mol. The van der Waals surface area contributed by atoms with Gasteiger partial charge in [-0.2, -0.15) is 11.3 Å². The fourth-order valence-corrected chi connectivity index (χ4v) is 3.20. The van der Waals surface area contributed by atoms with E-state index < -0.39 is 0 Å². The third-order valence-corrected chi connectivity index (χ3v) is 4.43. The fourth-order valence-electron chi connectivity index (χ4n) is 2.50. The lowest BCUT2D eigenvalue weighted by atomic mass is 9.80. The standard InChI is InChI=1S/C14H23NS/c1-2-15-14(10-12-4-3-5-12)7-6-13-8-9-16-11-13/h8-9,11-12,14-15H,2-7,10H2,1H3. The van der Waals surface area contributed by atoms with Gasteiger partial charge in [-0.25, -0.2) is 0 Å². The molecule has 0 aromatic carbocycles. The minimum atomic E-state index is 0.746. The summed E-state index contributed by atoms with van der Waals surface area (Å²) in [6, 6.07) is 3.01. The average Bonchev–Trinajstić information content (AvgIpc) is 2.72. The summed E-state index contributed by atoms with van der Waals surface area (Å²) in [6.07, 6.45) is 8.36. The molecule has 1 nitrogen and oxygen atoms in total. The van der Waals surface area contributed by atoms with Crippen molar-refractivity contribution in [3.05, 3.63) is 22.4 Å². The molecule has 1 N–H and O–H groups in total. The molecular weight excluding hydrogens is 214 g/mol. The highest BCUT2D eigenvalue weighted by molar-refractivity contribution is 7.07. The highest BCUT2D eigenvalue weighted by atomic mass is 32.1. The molecule has 0 spiro atoms. The van der Waals surface area contributed by atoms with E-state index in [1.54, 1.807) is 0 Å². The van der Waals surface area contributed by atoms with Crippen molar-refractivity contribution in [2.24, 2.45) is 5.92 Å². The van der Waals surface area contributed by atoms with Crippen molar-refractivity contribution in [3.8, 4) is 0 Å². The summed E-state index contributed by atoms with van der Waals surface area (Å²) in [4.78, 5) is 0. The molecule has 0 radical (unpaired) electrons. The maximum absolute atomic E-state index is 3.65. The first-order valence-corrected chi connectivity index (χ1v) is 7.57. The molecule has 1 atom stereocenters. The van der Waals surface area contributed by atoms with E-state index in [2.05, 4.69) is 29.1 Å². The second-order valence-corrected chi connectivity index (χ2v) is 5.74. The molecule has 1 aromatic heterocycles. The first-order chi connectivity index (χ1) is 7.88. The molecule has 0 saturated heterocycles. The van der Waals surface area contributed by atoms with Gasteiger partial charge in [-0.15, -0.1) is 0 Å². The number of aryl methyl sites for hydroxylation is 1. The first kappa shape index (κ1) is 12.1. The zero-order valence-corrected chi connectivity index (χ0v) is 11.1. The van der Waals surface area contributed by atoms with Crippen LogP contribution in [0.3, 0.4) is 0 Å². The third kappa shape index (κ3) is 3.60. The number of hydrogen-bond acceptors (Lipinski definition) is 2. The molecule has 2 heteroatoms. The monoisotopic (exact) mass is 237 g/mol. The molecule has 1 aliphatic rings. The largest absolute Gasteiger partial charge is 0.314 e. The lowest BCUT2D eigenvalue weighted by Gasteiger charge is -2.30. The SMILES string of the molecule is CCNC(CCc1ccsc1)CC1CCC1. The Labute approximate surface area is 103 Å². The number of rotatable bonds is 7. The Hall–Kier alpha value is -0.340. The van der Waals surface area contributed by atoms with Crippen LogP contribution in [0.4, 0.5) is 0 Å². The zero-order valence-electron chi connectivity index (χ0n) is 10.2. The summed E-state index contributed by atoms with van der Waals surface area (Å²) < 4.78 is 0. The Kier molecular flexibility index (Phi) is 4.86. The van der Waals surface area contributed by atoms with E-state index >= 15 is 0 Å². The molecule has 2 rings (SSSR count). The van der Waals surface area contributed by atoms with Crippen LogP contribution in [-0.4, -0.2) is 12.6 Å². The van der Waals surface area contributed by atoms with Crippen LogP contribution in [0.5, 0.6) is 0 Å². The molecule has 90 valence electrons. The Morgan fingerprint density at radius 3 is 2.94 bits per heavy atom. The third-order valence-electron chi connectivity index (χ3n) is 3.70. The van der Waals surface area contributed by atoms with Gasteiger partial charge in [0.1, 0.15) is 0 Å². The van der Waals surface area contributed by atoms with Crippen molar-refractivity contribution in [3.63, 3.8) is 0 Å². The van der Waals surface area contributed by atoms with Crippen molar-refractivity contribution in [1.82, 2.24) is 5.32 Å². The summed E-state index contributed by atoms with van der Waals surface area (Å²) in [7, 11) is 0. The van der Waals surface area contributed by atoms with Crippen LogP contribution >= 0.6 is 11.3 Å². The van der Waals surface area contributed by atoms with E-state index in [1.807, 2.05) is 11.3 Å². The molecule has 1 aromatic rings. The Morgan fingerprint density at radius 1 is 1.50 bits per heavy atom. The average molecular weight is 237 g/mol. The van der Waals surface area contributed by atoms with Crippen molar-refractivity contribution < 1.29 is 0 Å². The van der Waals surface area contributed by atoms with Crippen LogP contribution in [0.2, 0.25) is 0 Å². The van der Waals surface area contributed by atoms with Gasteiger partial charge in [0, 0.05) is 6.04 Å². The van der Waals surface area contributed by atoms with E-state index in [1.165, 1.54) is 44.1 Å². The van der Waals surface area contributed by atoms with Gasteiger partial charge in [0.25, 0.3) is 0 Å². The molecule has 1 fully saturated rings. The minimum Gasteiger partial charge on any atom is -0.314 e. The summed E-state index contributed by atoms with van der Waals surface area (Å²) >= 11 is 1.81. The lowest BCUT2D eigenvalue weighted by molar-refractivity contribution is 0.255. The van der Waals surface area contributed by atoms with Crippen LogP contribution in [-0.2, 0) is 6.42 Å². The van der Waals surface area contributed by atoms with Crippen molar-refractivity contribution in [2.75, 3.05) is 6.54 Å². The van der Waals surface area contributed by atoms with E-state index in [-0.39, 0.29) is 0 Å². The second-order valence-electron chi connectivity index (χ2n) is 4.96. The first-order valence-electron chi connectivity index (χ1n) is 6.63. The topological polar surface area (TPSA) is 12.0 Å². The van der Waals surface area contributed by atoms with Gasteiger partial charge in [0.2, 0.25) is 0 Å². The Bertz CT molecular complexity index is 277.